The fraction of sp³-hybridized carbons (Fsp3) is 0. The van der Waals surface area contributed by atoms with E-state index in [1.807, 2.05) is 0 Å². The van der Waals surface area contributed by atoms with Crippen LogP contribution in [-0.2, 0) is 26.6 Å². The van der Waals surface area contributed by atoms with Gasteiger partial charge in [0.2, 0.25) is 0 Å². The summed E-state index contributed by atoms with van der Waals surface area (Å²) in [5, 5.41) is 0. The summed E-state index contributed by atoms with van der Waals surface area (Å²) in [5.41, 5.74) is 0. The van der Waals surface area contributed by atoms with Crippen molar-refractivity contribution in [2.75, 3.05) is 0 Å². The third-order valence-electron chi connectivity index (χ3n) is 0. The average molecular weight is 510 g/mol. The van der Waals surface area contributed by atoms with E-state index in [-0.39, 0.29) is 45.5 Å². The van der Waals surface area contributed by atoms with E-state index in [0.29, 0.717) is 0 Å². The van der Waals surface area contributed by atoms with Gasteiger partial charge in [-0.25, -0.2) is 0 Å². The Kier molecular flexibility index (Phi) is 300. The first-order valence-corrected chi connectivity index (χ1v) is 10.4. The summed E-state index contributed by atoms with van der Waals surface area (Å²) in [6.45, 7) is 0. The van der Waals surface area contributed by atoms with Crippen LogP contribution in [0, 0.1) is 0 Å². The van der Waals surface area contributed by atoms with Gasteiger partial charge in [-0.15, -0.1) is 0 Å². The van der Waals surface area contributed by atoms with Crippen LogP contribution >= 0.6 is 0 Å². The quantitative estimate of drug-likeness (QED) is 0.150. The van der Waals surface area contributed by atoms with Gasteiger partial charge in [-0.2, -0.15) is 0 Å². The molecule has 0 aromatic carbocycles. The van der Waals surface area contributed by atoms with Gasteiger partial charge in [0.15, 0.2) is 0 Å². The van der Waals surface area contributed by atoms with E-state index >= 15 is 0 Å². The van der Waals surface area contributed by atoms with Gasteiger partial charge in [0, 0.05) is 0 Å². The first-order valence-electron chi connectivity index (χ1n) is 3.46. The Morgan fingerprint density at radius 3 is 0.318 bits per heavy atom. The molecule has 7 N–H and O–H groups in total. The summed E-state index contributed by atoms with van der Waals surface area (Å²) in [7, 11) is 0. The van der Waals surface area contributed by atoms with Gasteiger partial charge in [-0.3, -0.25) is 0 Å². The zero-order valence-corrected chi connectivity index (χ0v) is 18.1. The summed E-state index contributed by atoms with van der Waals surface area (Å²) in [4.78, 5) is 0. The predicted molar refractivity (Wildman–Crippen MR) is 69.2 cm³/mol. The molecule has 0 bridgehead atoms. The van der Waals surface area contributed by atoms with E-state index in [0.717, 1.165) is 0 Å². The van der Waals surface area contributed by atoms with Gasteiger partial charge in [-0.1, -0.05) is 0 Å². The molecule has 116 valence electrons. The van der Waals surface area contributed by atoms with Gasteiger partial charge in [-0.05, 0) is 0 Å². The zero-order chi connectivity index (χ0) is 18.9. The van der Waals surface area contributed by atoms with E-state index < -0.39 is 108 Å². The van der Waals surface area contributed by atoms with Crippen LogP contribution in [0.1, 0.15) is 0 Å². The molecule has 0 unspecified atom stereocenters. The van der Waals surface area contributed by atoms with E-state index in [1.54, 1.807) is 0 Å². The molecule has 0 aliphatic carbocycles. The van der Waals surface area contributed by atoms with Crippen molar-refractivity contribution in [1.82, 2.24) is 0 Å². The molecule has 14 nitrogen and oxygen atoms in total. The number of rotatable bonds is 0. The van der Waals surface area contributed by atoms with Crippen LogP contribution in [0.2, 0.25) is 0 Å². The molecule has 22 heteroatoms. The Hall–Kier alpha value is 2.41. The van der Waals surface area contributed by atoms with Crippen molar-refractivity contribution < 1.29 is 55.7 Å². The van der Waals surface area contributed by atoms with E-state index in [9.17, 15) is 0 Å². The number of hydrogen-bond donors (Lipinski definition) is 7. The number of hydrogen-bond acceptors (Lipinski definition) is 7. The van der Waals surface area contributed by atoms with Crippen molar-refractivity contribution in [3.05, 3.63) is 0 Å². The molecule has 0 rings (SSSR count). The minimum atomic E-state index is -1.50. The normalized spacial score (nSPS) is 2.55. The molecule has 0 heterocycles. The summed E-state index contributed by atoms with van der Waals surface area (Å²) in [5.74, 6) is 0. The van der Waals surface area contributed by atoms with E-state index in [2.05, 4.69) is 0 Å². The standard InChI is InChI=1S/7Al.7H2O.7O.Sr.2H/h;;;;;;;7*1H2;;;;;;;;;;/q7*+1;;;;;;;;;;;;;;;;;/p-7. The SMILES string of the molecule is [O]=[Al][OH].[O]=[Al][OH].[O]=[Al][OH].[O]=[Al][OH].[O]=[Al][OH].[O]=[Al][OH].[O]=[Al][OH].[SrH2]. The summed E-state index contributed by atoms with van der Waals surface area (Å²) in [6, 6.07) is 0. The predicted octanol–water partition coefficient (Wildman–Crippen LogP) is -8.31. The zero-order valence-electron chi connectivity index (χ0n) is 10.0. The molecular weight excluding hydrogens is 500 g/mol. The van der Waals surface area contributed by atoms with Crippen LogP contribution in [0.25, 0.3) is 0 Å². The van der Waals surface area contributed by atoms with Crippen LogP contribution in [-0.4, -0.2) is 183 Å². The van der Waals surface area contributed by atoms with Crippen LogP contribution in [0.15, 0.2) is 0 Å². The second-order valence-electron chi connectivity index (χ2n) is 0.738. The fourth-order valence-electron chi connectivity index (χ4n) is 0. The van der Waals surface area contributed by atoms with Crippen molar-refractivity contribution in [3.63, 3.8) is 0 Å². The Labute approximate surface area is 206 Å². The first kappa shape index (κ1) is 49.7. The van der Waals surface area contributed by atoms with Crippen molar-refractivity contribution in [1.29, 1.82) is 0 Å². The van der Waals surface area contributed by atoms with Gasteiger partial charge in [0.1, 0.15) is 0 Å². The van der Waals surface area contributed by atoms with Crippen LogP contribution < -0.4 is 0 Å². The molecule has 0 radical (unpaired) electrons. The second kappa shape index (κ2) is 133. The maximum atomic E-state index is 8.57. The van der Waals surface area contributed by atoms with Crippen LogP contribution in [0.4, 0.5) is 0 Å². The third kappa shape index (κ3) is 1770. The maximum absolute atomic E-state index is 8.57. The topological polar surface area (TPSA) is 261 Å². The molecule has 0 aromatic rings. The molecule has 0 aliphatic heterocycles. The average Bonchev–Trinajstić information content (AvgIpc) is 2.35. The van der Waals surface area contributed by atoms with Crippen molar-refractivity contribution >= 4 is 154 Å². The molecule has 0 fully saturated rings. The van der Waals surface area contributed by atoms with Gasteiger partial charge in [0.25, 0.3) is 0 Å². The van der Waals surface area contributed by atoms with E-state index in [4.69, 9.17) is 55.7 Å². The fourth-order valence-corrected chi connectivity index (χ4v) is 0. The van der Waals surface area contributed by atoms with Gasteiger partial charge >= 0.3 is 210 Å². The molecule has 0 amide bonds. The molecule has 0 atom stereocenters. The van der Waals surface area contributed by atoms with Crippen LogP contribution in [0.3, 0.4) is 0 Å². The van der Waals surface area contributed by atoms with E-state index in [1.165, 1.54) is 0 Å². The first-order chi connectivity index (χ1) is 9.90. The Bertz CT molecular complexity index is 137. The molecule has 0 aromatic heterocycles. The Balaban J connectivity index is -0.0000000172. The molecule has 0 saturated carbocycles. The third-order valence-corrected chi connectivity index (χ3v) is 0. The van der Waals surface area contributed by atoms with Crippen molar-refractivity contribution in [3.8, 4) is 0 Å². The minimum absolute atomic E-state index is 0. The van der Waals surface area contributed by atoms with Gasteiger partial charge in [0.05, 0.1) is 0 Å². The monoisotopic (exact) mass is 510 g/mol. The molecular formula is H9Al7O14Sr. The van der Waals surface area contributed by atoms with Crippen LogP contribution in [0.5, 0.6) is 0 Å². The van der Waals surface area contributed by atoms with Crippen molar-refractivity contribution in [2.45, 2.75) is 0 Å². The molecule has 22 heavy (non-hydrogen) atoms. The summed E-state index contributed by atoms with van der Waals surface area (Å²) >= 11 is -10.5. The summed E-state index contributed by atoms with van der Waals surface area (Å²) in [6.07, 6.45) is 0. The molecule has 0 spiro atoms. The Morgan fingerprint density at radius 2 is 0.318 bits per heavy atom. The molecule has 0 saturated heterocycles. The van der Waals surface area contributed by atoms with Crippen molar-refractivity contribution in [2.24, 2.45) is 0 Å². The summed E-state index contributed by atoms with van der Waals surface area (Å²) < 4.78 is 110. The van der Waals surface area contributed by atoms with Gasteiger partial charge < -0.3 is 0 Å². The Morgan fingerprint density at radius 1 is 0.318 bits per heavy atom. The second-order valence-corrected chi connectivity index (χ2v) is 2.21. The molecule has 0 aliphatic rings.